The maximum absolute atomic E-state index is 12.6. The number of hydrogen-bond acceptors (Lipinski definition) is 5. The van der Waals surface area contributed by atoms with Crippen molar-refractivity contribution in [2.75, 3.05) is 11.1 Å². The highest BCUT2D eigenvalue weighted by Crippen LogP contribution is 2.37. The number of nitrogens with one attached hydrogen (secondary N) is 1. The summed E-state index contributed by atoms with van der Waals surface area (Å²) in [6.07, 6.45) is 7.92. The zero-order chi connectivity index (χ0) is 19.4. The Balaban J connectivity index is 1.77. The standard InChI is InChI=1S/C19H24N6OS/c1-4-9-24-12-21-23-19(24)27-11-17(26)22-18-16(10-20)13(2)14(3)25(18)15-7-5-6-8-15/h4,12,15H,1,5-9,11H2,2-3H3,(H,22,26). The average Bonchev–Trinajstić information content (AvgIpc) is 3.36. The van der Waals surface area contributed by atoms with Gasteiger partial charge < -0.3 is 14.5 Å². The molecular formula is C19H24N6OS. The quantitative estimate of drug-likeness (QED) is 0.582. The van der Waals surface area contributed by atoms with Gasteiger partial charge in [-0.25, -0.2) is 0 Å². The summed E-state index contributed by atoms with van der Waals surface area (Å²) in [5.41, 5.74) is 2.57. The molecule has 0 radical (unpaired) electrons. The van der Waals surface area contributed by atoms with Gasteiger partial charge in [0.25, 0.3) is 0 Å². The largest absolute Gasteiger partial charge is 0.327 e. The fraction of sp³-hybridized carbons (Fsp3) is 0.474. The molecule has 0 aromatic carbocycles. The first-order valence-corrected chi connectivity index (χ1v) is 10.1. The van der Waals surface area contributed by atoms with Crippen LogP contribution in [0.4, 0.5) is 5.82 Å². The fourth-order valence-corrected chi connectivity index (χ4v) is 4.35. The molecule has 27 heavy (non-hydrogen) atoms. The van der Waals surface area contributed by atoms with Crippen molar-refractivity contribution < 1.29 is 4.79 Å². The van der Waals surface area contributed by atoms with Crippen LogP contribution >= 0.6 is 11.8 Å². The topological polar surface area (TPSA) is 88.5 Å². The molecule has 2 aromatic rings. The second-order valence-electron chi connectivity index (χ2n) is 6.75. The molecule has 1 aliphatic carbocycles. The van der Waals surface area contributed by atoms with Crippen molar-refractivity contribution in [3.05, 3.63) is 35.8 Å². The van der Waals surface area contributed by atoms with Gasteiger partial charge in [0, 0.05) is 18.3 Å². The molecule has 8 heteroatoms. The number of nitrogens with zero attached hydrogens (tertiary/aromatic N) is 5. The maximum Gasteiger partial charge on any atom is 0.235 e. The summed E-state index contributed by atoms with van der Waals surface area (Å²) < 4.78 is 3.99. The van der Waals surface area contributed by atoms with Crippen molar-refractivity contribution in [1.82, 2.24) is 19.3 Å². The van der Waals surface area contributed by atoms with Crippen molar-refractivity contribution in [3.8, 4) is 6.07 Å². The van der Waals surface area contributed by atoms with E-state index in [9.17, 15) is 10.1 Å². The first kappa shape index (κ1) is 19.2. The summed E-state index contributed by atoms with van der Waals surface area (Å²) in [6, 6.07) is 2.62. The zero-order valence-corrected chi connectivity index (χ0v) is 16.6. The molecule has 0 unspecified atom stereocenters. The summed E-state index contributed by atoms with van der Waals surface area (Å²) in [5.74, 6) is 0.688. The van der Waals surface area contributed by atoms with Crippen molar-refractivity contribution in [2.45, 2.75) is 57.3 Å². The number of hydrogen-bond donors (Lipinski definition) is 1. The molecule has 0 bridgehead atoms. The molecule has 142 valence electrons. The Hall–Kier alpha value is -2.53. The minimum atomic E-state index is -0.151. The lowest BCUT2D eigenvalue weighted by Gasteiger charge is -2.19. The molecule has 1 N–H and O–H groups in total. The Morgan fingerprint density at radius 3 is 2.89 bits per heavy atom. The minimum Gasteiger partial charge on any atom is -0.327 e. The van der Waals surface area contributed by atoms with Gasteiger partial charge in [-0.05, 0) is 32.3 Å². The lowest BCUT2D eigenvalue weighted by atomic mass is 10.2. The van der Waals surface area contributed by atoms with Gasteiger partial charge in [-0.1, -0.05) is 30.7 Å². The van der Waals surface area contributed by atoms with Crippen LogP contribution in [0.15, 0.2) is 24.1 Å². The highest BCUT2D eigenvalue weighted by Gasteiger charge is 2.26. The molecule has 1 fully saturated rings. The van der Waals surface area contributed by atoms with E-state index in [1.54, 1.807) is 12.4 Å². The van der Waals surface area contributed by atoms with E-state index < -0.39 is 0 Å². The summed E-state index contributed by atoms with van der Waals surface area (Å²) >= 11 is 1.32. The van der Waals surface area contributed by atoms with Crippen LogP contribution in [-0.4, -0.2) is 31.0 Å². The first-order valence-electron chi connectivity index (χ1n) is 9.09. The second-order valence-corrected chi connectivity index (χ2v) is 7.69. The normalized spacial score (nSPS) is 14.3. The molecule has 3 rings (SSSR count). The van der Waals surface area contributed by atoms with Crippen LogP contribution < -0.4 is 5.32 Å². The van der Waals surface area contributed by atoms with Crippen LogP contribution in [0.1, 0.15) is 48.5 Å². The summed E-state index contributed by atoms with van der Waals surface area (Å²) in [5, 5.41) is 21.2. The predicted molar refractivity (Wildman–Crippen MR) is 106 cm³/mol. The second kappa shape index (κ2) is 8.44. The Morgan fingerprint density at radius 2 is 2.22 bits per heavy atom. The van der Waals surface area contributed by atoms with E-state index in [0.29, 0.717) is 29.1 Å². The van der Waals surface area contributed by atoms with Gasteiger partial charge >= 0.3 is 0 Å². The molecule has 0 atom stereocenters. The van der Waals surface area contributed by atoms with Crippen LogP contribution in [0.5, 0.6) is 0 Å². The minimum absolute atomic E-state index is 0.151. The van der Waals surface area contributed by atoms with Crippen LogP contribution in [0.3, 0.4) is 0 Å². The Bertz CT molecular complexity index is 885. The maximum atomic E-state index is 12.6. The highest BCUT2D eigenvalue weighted by molar-refractivity contribution is 7.99. The molecule has 0 aliphatic heterocycles. The van der Waals surface area contributed by atoms with Crippen LogP contribution in [0.2, 0.25) is 0 Å². The molecule has 2 aromatic heterocycles. The molecular weight excluding hydrogens is 360 g/mol. The number of carbonyl (C=O) groups excluding carboxylic acids is 1. The number of aromatic nitrogens is 4. The van der Waals surface area contributed by atoms with Crippen LogP contribution in [-0.2, 0) is 11.3 Å². The van der Waals surface area contributed by atoms with E-state index in [0.717, 1.165) is 24.1 Å². The average molecular weight is 385 g/mol. The predicted octanol–water partition coefficient (Wildman–Crippen LogP) is 3.60. The molecule has 0 spiro atoms. The molecule has 0 saturated heterocycles. The molecule has 1 aliphatic rings. The van der Waals surface area contributed by atoms with Gasteiger partial charge in [-0.2, -0.15) is 5.26 Å². The summed E-state index contributed by atoms with van der Waals surface area (Å²) in [7, 11) is 0. The van der Waals surface area contributed by atoms with E-state index in [4.69, 9.17) is 0 Å². The smallest absolute Gasteiger partial charge is 0.235 e. The number of anilines is 1. The SMILES string of the molecule is C=CCn1cnnc1SCC(=O)Nc1c(C#N)c(C)c(C)n1C1CCCC1. The lowest BCUT2D eigenvalue weighted by Crippen LogP contribution is -2.20. The van der Waals surface area contributed by atoms with Crippen molar-refractivity contribution >= 4 is 23.5 Å². The Labute approximate surface area is 163 Å². The van der Waals surface area contributed by atoms with E-state index in [2.05, 4.69) is 32.7 Å². The van der Waals surface area contributed by atoms with Gasteiger partial charge in [0.05, 0.1) is 11.3 Å². The highest BCUT2D eigenvalue weighted by atomic mass is 32.2. The fourth-order valence-electron chi connectivity index (χ4n) is 3.62. The van der Waals surface area contributed by atoms with Gasteiger partial charge in [0.2, 0.25) is 5.91 Å². The van der Waals surface area contributed by atoms with E-state index in [1.165, 1.54) is 24.6 Å². The van der Waals surface area contributed by atoms with E-state index in [1.807, 2.05) is 18.4 Å². The number of thioether (sulfide) groups is 1. The molecule has 7 nitrogen and oxygen atoms in total. The van der Waals surface area contributed by atoms with E-state index in [-0.39, 0.29) is 11.7 Å². The number of amides is 1. The van der Waals surface area contributed by atoms with Gasteiger partial charge in [-0.15, -0.1) is 16.8 Å². The lowest BCUT2D eigenvalue weighted by molar-refractivity contribution is -0.113. The first-order chi connectivity index (χ1) is 13.1. The third-order valence-corrected chi connectivity index (χ3v) is 6.04. The van der Waals surface area contributed by atoms with Crippen LogP contribution in [0.25, 0.3) is 0 Å². The number of nitriles is 1. The van der Waals surface area contributed by atoms with Gasteiger partial charge in [-0.3, -0.25) is 4.79 Å². The number of carbonyl (C=O) groups is 1. The monoisotopic (exact) mass is 384 g/mol. The Kier molecular flexibility index (Phi) is 6.01. The van der Waals surface area contributed by atoms with E-state index >= 15 is 0 Å². The number of rotatable bonds is 7. The van der Waals surface area contributed by atoms with Gasteiger partial charge in [0.1, 0.15) is 18.2 Å². The molecule has 1 amide bonds. The van der Waals surface area contributed by atoms with Crippen molar-refractivity contribution in [1.29, 1.82) is 5.26 Å². The van der Waals surface area contributed by atoms with Crippen LogP contribution in [0, 0.1) is 25.2 Å². The third kappa shape index (κ3) is 3.93. The van der Waals surface area contributed by atoms with Crippen molar-refractivity contribution in [3.63, 3.8) is 0 Å². The Morgan fingerprint density at radius 1 is 1.48 bits per heavy atom. The summed E-state index contributed by atoms with van der Waals surface area (Å²) in [6.45, 7) is 8.27. The van der Waals surface area contributed by atoms with Crippen molar-refractivity contribution in [2.24, 2.45) is 0 Å². The summed E-state index contributed by atoms with van der Waals surface area (Å²) in [4.78, 5) is 12.6. The number of allylic oxidation sites excluding steroid dienone is 1. The molecule has 1 saturated carbocycles. The third-order valence-electron chi connectivity index (χ3n) is 5.05. The van der Waals surface area contributed by atoms with Gasteiger partial charge in [0.15, 0.2) is 5.16 Å². The molecule has 2 heterocycles. The zero-order valence-electron chi connectivity index (χ0n) is 15.7.